The lowest BCUT2D eigenvalue weighted by Crippen LogP contribution is -2.57. The first kappa shape index (κ1) is 18.0. The van der Waals surface area contributed by atoms with Crippen LogP contribution in [0.15, 0.2) is 48.5 Å². The fraction of sp³-hybridized carbons (Fsp3) is 0.409. The van der Waals surface area contributed by atoms with E-state index in [4.69, 9.17) is 4.74 Å². The van der Waals surface area contributed by atoms with Gasteiger partial charge >= 0.3 is 0 Å². The SMILES string of the molecule is CC(=O)N1Cc2ccccc2O[C@]2(CCCN(Cc3ccccc3F)C2)C1. The van der Waals surface area contributed by atoms with Gasteiger partial charge in [0.15, 0.2) is 0 Å². The number of rotatable bonds is 2. The van der Waals surface area contributed by atoms with Crippen LogP contribution >= 0.6 is 0 Å². The van der Waals surface area contributed by atoms with Crippen LogP contribution in [0.3, 0.4) is 0 Å². The minimum absolute atomic E-state index is 0.0564. The summed E-state index contributed by atoms with van der Waals surface area (Å²) in [6, 6.07) is 14.9. The van der Waals surface area contributed by atoms with Gasteiger partial charge in [0.25, 0.3) is 0 Å². The summed E-state index contributed by atoms with van der Waals surface area (Å²) in [4.78, 5) is 16.3. The Morgan fingerprint density at radius 2 is 1.93 bits per heavy atom. The summed E-state index contributed by atoms with van der Waals surface area (Å²) < 4.78 is 20.6. The smallest absolute Gasteiger partial charge is 0.219 e. The average molecular weight is 368 g/mol. The van der Waals surface area contributed by atoms with E-state index in [9.17, 15) is 9.18 Å². The van der Waals surface area contributed by atoms with Crippen molar-refractivity contribution in [2.45, 2.75) is 38.5 Å². The Balaban J connectivity index is 1.60. The van der Waals surface area contributed by atoms with Crippen LogP contribution in [0.1, 0.15) is 30.9 Å². The Bertz CT molecular complexity index is 841. The molecule has 2 heterocycles. The first-order valence-corrected chi connectivity index (χ1v) is 9.53. The number of carbonyl (C=O) groups is 1. The van der Waals surface area contributed by atoms with Crippen LogP contribution in [0, 0.1) is 5.82 Å². The van der Waals surface area contributed by atoms with E-state index in [1.54, 1.807) is 13.0 Å². The maximum absolute atomic E-state index is 14.1. The summed E-state index contributed by atoms with van der Waals surface area (Å²) in [6.07, 6.45) is 1.85. The lowest BCUT2D eigenvalue weighted by atomic mass is 9.91. The molecule has 0 saturated carbocycles. The van der Waals surface area contributed by atoms with Crippen LogP contribution in [0.2, 0.25) is 0 Å². The fourth-order valence-electron chi connectivity index (χ4n) is 4.24. The van der Waals surface area contributed by atoms with Gasteiger partial charge < -0.3 is 9.64 Å². The van der Waals surface area contributed by atoms with Crippen molar-refractivity contribution in [1.29, 1.82) is 0 Å². The minimum Gasteiger partial charge on any atom is -0.484 e. The van der Waals surface area contributed by atoms with E-state index in [1.807, 2.05) is 41.3 Å². The third-order valence-electron chi connectivity index (χ3n) is 5.55. The zero-order valence-corrected chi connectivity index (χ0v) is 15.7. The molecule has 0 unspecified atom stereocenters. The topological polar surface area (TPSA) is 32.8 Å². The van der Waals surface area contributed by atoms with Gasteiger partial charge in [0, 0.05) is 37.7 Å². The molecule has 4 rings (SSSR count). The van der Waals surface area contributed by atoms with Crippen LogP contribution in [-0.2, 0) is 17.9 Å². The average Bonchev–Trinajstić information content (AvgIpc) is 2.80. The van der Waals surface area contributed by atoms with Gasteiger partial charge in [-0.15, -0.1) is 0 Å². The zero-order valence-electron chi connectivity index (χ0n) is 15.7. The number of likely N-dealkylation sites (tertiary alicyclic amines) is 1. The van der Waals surface area contributed by atoms with Crippen LogP contribution in [0.25, 0.3) is 0 Å². The van der Waals surface area contributed by atoms with Crippen LogP contribution in [0.5, 0.6) is 5.75 Å². The van der Waals surface area contributed by atoms with Crippen LogP contribution in [-0.4, -0.2) is 40.9 Å². The molecular formula is C22H25FN2O2. The summed E-state index contributed by atoms with van der Waals surface area (Å²) in [5, 5.41) is 0. The maximum atomic E-state index is 14.1. The standard InChI is InChI=1S/C22H25FN2O2/c1-17(26)25-14-19-8-3-5-10-21(19)27-22(16-25)11-6-12-24(15-22)13-18-7-2-4-9-20(18)23/h2-5,7-10H,6,11-16H2,1H3/t22-/m0/s1. The molecule has 1 atom stereocenters. The van der Waals surface area contributed by atoms with Gasteiger partial charge in [0.1, 0.15) is 17.2 Å². The zero-order chi connectivity index (χ0) is 18.9. The monoisotopic (exact) mass is 368 g/mol. The number of piperidine rings is 1. The molecule has 1 amide bonds. The fourth-order valence-corrected chi connectivity index (χ4v) is 4.24. The maximum Gasteiger partial charge on any atom is 0.219 e. The van der Waals surface area contributed by atoms with E-state index in [1.165, 1.54) is 6.07 Å². The molecule has 2 aromatic rings. The van der Waals surface area contributed by atoms with E-state index in [2.05, 4.69) is 4.90 Å². The van der Waals surface area contributed by atoms with Crippen molar-refractivity contribution >= 4 is 5.91 Å². The molecule has 1 fully saturated rings. The van der Waals surface area contributed by atoms with Crippen molar-refractivity contribution in [2.75, 3.05) is 19.6 Å². The van der Waals surface area contributed by atoms with Crippen molar-refractivity contribution in [3.63, 3.8) is 0 Å². The number of carbonyl (C=O) groups excluding carboxylic acids is 1. The number of hydrogen-bond acceptors (Lipinski definition) is 3. The molecule has 0 bridgehead atoms. The van der Waals surface area contributed by atoms with Crippen molar-refractivity contribution < 1.29 is 13.9 Å². The van der Waals surface area contributed by atoms with Crippen molar-refractivity contribution in [3.8, 4) is 5.75 Å². The van der Waals surface area contributed by atoms with Crippen LogP contribution in [0.4, 0.5) is 4.39 Å². The van der Waals surface area contributed by atoms with E-state index >= 15 is 0 Å². The van der Waals surface area contributed by atoms with Gasteiger partial charge in [-0.2, -0.15) is 0 Å². The number of benzene rings is 2. The second kappa shape index (κ2) is 7.31. The summed E-state index contributed by atoms with van der Waals surface area (Å²) in [5.74, 6) is 0.740. The molecule has 4 nitrogen and oxygen atoms in total. The molecule has 5 heteroatoms. The summed E-state index contributed by atoms with van der Waals surface area (Å²) in [6.45, 7) is 4.88. The highest BCUT2D eigenvalue weighted by atomic mass is 19.1. The number of hydrogen-bond donors (Lipinski definition) is 0. The number of halogens is 1. The first-order valence-electron chi connectivity index (χ1n) is 9.53. The summed E-state index contributed by atoms with van der Waals surface area (Å²) in [5.41, 5.74) is 1.28. The normalized spacial score (nSPS) is 22.8. The molecular weight excluding hydrogens is 343 g/mol. The Kier molecular flexibility index (Phi) is 4.87. The number of amides is 1. The first-order chi connectivity index (χ1) is 13.0. The van der Waals surface area contributed by atoms with Gasteiger partial charge in [-0.25, -0.2) is 4.39 Å². The molecule has 0 aromatic heterocycles. The van der Waals surface area contributed by atoms with Gasteiger partial charge in [-0.05, 0) is 31.5 Å². The second-order valence-electron chi connectivity index (χ2n) is 7.67. The molecule has 1 saturated heterocycles. The molecule has 2 aliphatic rings. The van der Waals surface area contributed by atoms with E-state index in [0.29, 0.717) is 31.7 Å². The lowest BCUT2D eigenvalue weighted by Gasteiger charge is -2.43. The number of para-hydroxylation sites is 1. The molecule has 27 heavy (non-hydrogen) atoms. The van der Waals surface area contributed by atoms with Gasteiger partial charge in [0.05, 0.1) is 6.54 Å². The predicted octanol–water partition coefficient (Wildman–Crippen LogP) is 3.60. The van der Waals surface area contributed by atoms with E-state index in [0.717, 1.165) is 30.7 Å². The van der Waals surface area contributed by atoms with E-state index < -0.39 is 5.60 Å². The Hall–Kier alpha value is -2.40. The summed E-state index contributed by atoms with van der Waals surface area (Å²) in [7, 11) is 0. The lowest BCUT2D eigenvalue weighted by molar-refractivity contribution is -0.133. The van der Waals surface area contributed by atoms with Gasteiger partial charge in [-0.1, -0.05) is 36.4 Å². The van der Waals surface area contributed by atoms with E-state index in [-0.39, 0.29) is 11.7 Å². The Morgan fingerprint density at radius 3 is 2.74 bits per heavy atom. The third-order valence-corrected chi connectivity index (χ3v) is 5.55. The summed E-state index contributed by atoms with van der Waals surface area (Å²) >= 11 is 0. The quantitative estimate of drug-likeness (QED) is 0.812. The molecule has 2 aliphatic heterocycles. The number of ether oxygens (including phenoxy) is 1. The molecule has 0 N–H and O–H groups in total. The number of nitrogens with zero attached hydrogens (tertiary/aromatic N) is 2. The highest BCUT2D eigenvalue weighted by Gasteiger charge is 2.42. The predicted molar refractivity (Wildman–Crippen MR) is 102 cm³/mol. The molecule has 0 radical (unpaired) electrons. The Labute approximate surface area is 159 Å². The molecule has 142 valence electrons. The minimum atomic E-state index is -0.457. The molecule has 1 spiro atoms. The highest BCUT2D eigenvalue weighted by molar-refractivity contribution is 5.73. The van der Waals surface area contributed by atoms with Crippen molar-refractivity contribution in [1.82, 2.24) is 9.80 Å². The van der Waals surface area contributed by atoms with Gasteiger partial charge in [0.2, 0.25) is 5.91 Å². The third kappa shape index (κ3) is 3.83. The molecule has 2 aromatic carbocycles. The Morgan fingerprint density at radius 1 is 1.15 bits per heavy atom. The largest absolute Gasteiger partial charge is 0.484 e. The molecule has 0 aliphatic carbocycles. The van der Waals surface area contributed by atoms with Gasteiger partial charge in [-0.3, -0.25) is 9.69 Å². The van der Waals surface area contributed by atoms with Crippen molar-refractivity contribution in [2.24, 2.45) is 0 Å². The number of fused-ring (bicyclic) bond motifs is 1. The highest BCUT2D eigenvalue weighted by Crippen LogP contribution is 2.35. The van der Waals surface area contributed by atoms with Crippen LogP contribution < -0.4 is 4.74 Å². The second-order valence-corrected chi connectivity index (χ2v) is 7.67. The van der Waals surface area contributed by atoms with Crippen molar-refractivity contribution in [3.05, 3.63) is 65.5 Å².